The predicted octanol–water partition coefficient (Wildman–Crippen LogP) is 1.94. The summed E-state index contributed by atoms with van der Waals surface area (Å²) in [6.07, 6.45) is 4.41. The first-order valence-corrected chi connectivity index (χ1v) is 8.94. The van der Waals surface area contributed by atoms with E-state index in [0.717, 1.165) is 16.6 Å². The highest BCUT2D eigenvalue weighted by atomic mass is 32.2. The van der Waals surface area contributed by atoms with Crippen LogP contribution in [0.2, 0.25) is 0 Å². The van der Waals surface area contributed by atoms with Gasteiger partial charge >= 0.3 is 0 Å². The van der Waals surface area contributed by atoms with Crippen LogP contribution in [-0.2, 0) is 16.9 Å². The first-order chi connectivity index (χ1) is 10.9. The summed E-state index contributed by atoms with van der Waals surface area (Å²) < 4.78 is 24.7. The van der Waals surface area contributed by atoms with Gasteiger partial charge in [-0.3, -0.25) is 4.68 Å². The molecule has 8 heteroatoms. The van der Waals surface area contributed by atoms with Crippen LogP contribution in [0, 0.1) is 0 Å². The van der Waals surface area contributed by atoms with E-state index in [1.165, 1.54) is 12.6 Å². The second-order valence-electron chi connectivity index (χ2n) is 5.43. The molecule has 0 aliphatic carbocycles. The summed E-state index contributed by atoms with van der Waals surface area (Å²) in [4.78, 5) is 8.78. The number of aryl methyl sites for hydroxylation is 1. The molecule has 0 spiro atoms. The van der Waals surface area contributed by atoms with Crippen LogP contribution in [0.1, 0.15) is 18.5 Å². The third-order valence-corrected chi connectivity index (χ3v) is 4.82. The highest BCUT2D eigenvalue weighted by molar-refractivity contribution is 7.90. The third-order valence-electron chi connectivity index (χ3n) is 3.69. The van der Waals surface area contributed by atoms with Crippen LogP contribution in [0.5, 0.6) is 0 Å². The average molecular weight is 331 g/mol. The summed E-state index contributed by atoms with van der Waals surface area (Å²) >= 11 is 0. The van der Waals surface area contributed by atoms with E-state index < -0.39 is 9.84 Å². The van der Waals surface area contributed by atoms with Crippen LogP contribution in [0.3, 0.4) is 0 Å². The Balaban J connectivity index is 1.87. The van der Waals surface area contributed by atoms with Gasteiger partial charge in [0.2, 0.25) is 0 Å². The molecule has 2 heterocycles. The first-order valence-electron chi connectivity index (χ1n) is 7.05. The van der Waals surface area contributed by atoms with Crippen molar-refractivity contribution >= 4 is 26.7 Å². The maximum atomic E-state index is 11.5. The molecule has 0 saturated heterocycles. The molecule has 0 saturated carbocycles. The van der Waals surface area contributed by atoms with E-state index >= 15 is 0 Å². The number of nitrogens with zero attached hydrogens (tertiary/aromatic N) is 4. The lowest BCUT2D eigenvalue weighted by Gasteiger charge is -2.15. The molecule has 0 aliphatic rings. The Morgan fingerprint density at radius 3 is 2.52 bits per heavy atom. The molecule has 23 heavy (non-hydrogen) atoms. The minimum atomic E-state index is -3.18. The Hall–Kier alpha value is -2.48. The summed E-state index contributed by atoms with van der Waals surface area (Å²) in [5.41, 5.74) is 1.72. The molecular formula is C15H17N5O2S. The van der Waals surface area contributed by atoms with Crippen molar-refractivity contribution in [1.82, 2.24) is 19.7 Å². The number of aromatic nitrogens is 4. The van der Waals surface area contributed by atoms with E-state index in [9.17, 15) is 8.42 Å². The quantitative estimate of drug-likeness (QED) is 0.786. The number of benzene rings is 1. The Labute approximate surface area is 134 Å². The molecule has 0 fully saturated rings. The van der Waals surface area contributed by atoms with Crippen molar-refractivity contribution in [3.05, 3.63) is 42.4 Å². The van der Waals surface area contributed by atoms with Gasteiger partial charge in [0.15, 0.2) is 15.5 Å². The lowest BCUT2D eigenvalue weighted by Crippen LogP contribution is -2.09. The van der Waals surface area contributed by atoms with Gasteiger partial charge in [-0.15, -0.1) is 0 Å². The molecule has 0 aliphatic heterocycles. The van der Waals surface area contributed by atoms with Crippen LogP contribution < -0.4 is 5.32 Å². The van der Waals surface area contributed by atoms with E-state index in [1.54, 1.807) is 35.1 Å². The number of fused-ring (bicyclic) bond motifs is 1. The summed E-state index contributed by atoms with van der Waals surface area (Å²) in [7, 11) is -1.36. The van der Waals surface area contributed by atoms with Crippen LogP contribution in [0.15, 0.2) is 41.7 Å². The lowest BCUT2D eigenvalue weighted by molar-refractivity contribution is 0.602. The molecular weight excluding hydrogens is 314 g/mol. The van der Waals surface area contributed by atoms with E-state index in [2.05, 4.69) is 20.4 Å². The van der Waals surface area contributed by atoms with Crippen molar-refractivity contribution in [1.29, 1.82) is 0 Å². The first kappa shape index (κ1) is 15.4. The molecule has 2 aromatic heterocycles. The normalized spacial score (nSPS) is 13.2. The molecule has 3 rings (SSSR count). The summed E-state index contributed by atoms with van der Waals surface area (Å²) in [5.74, 6) is 0.697. The number of hydrogen-bond acceptors (Lipinski definition) is 6. The molecule has 0 unspecified atom stereocenters. The lowest BCUT2D eigenvalue weighted by atomic mass is 10.1. The fourth-order valence-corrected chi connectivity index (χ4v) is 3.00. The largest absolute Gasteiger partial charge is 0.363 e. The number of sulfone groups is 1. The highest BCUT2D eigenvalue weighted by Crippen LogP contribution is 2.24. The summed E-state index contributed by atoms with van der Waals surface area (Å²) in [6, 6.07) is 6.79. The van der Waals surface area contributed by atoms with Crippen molar-refractivity contribution in [2.75, 3.05) is 11.6 Å². The van der Waals surface area contributed by atoms with Gasteiger partial charge in [0, 0.05) is 19.3 Å². The second kappa shape index (κ2) is 5.62. The number of hydrogen-bond donors (Lipinski definition) is 1. The minimum absolute atomic E-state index is 0.0399. The SMILES string of the molecule is C[C@H](Nc1ncnc2c1cnn2C)c1ccc(S(C)(=O)=O)cc1. The molecule has 0 bridgehead atoms. The van der Waals surface area contributed by atoms with Gasteiger partial charge in [0.05, 0.1) is 16.5 Å². The zero-order valence-corrected chi connectivity index (χ0v) is 13.9. The van der Waals surface area contributed by atoms with Gasteiger partial charge in [0.1, 0.15) is 12.1 Å². The van der Waals surface area contributed by atoms with E-state index in [-0.39, 0.29) is 6.04 Å². The van der Waals surface area contributed by atoms with Gasteiger partial charge in [-0.2, -0.15) is 5.10 Å². The minimum Gasteiger partial charge on any atom is -0.363 e. The predicted molar refractivity (Wildman–Crippen MR) is 87.9 cm³/mol. The molecule has 1 aromatic carbocycles. The topological polar surface area (TPSA) is 89.8 Å². The molecule has 1 atom stereocenters. The fraction of sp³-hybridized carbons (Fsp3) is 0.267. The van der Waals surface area contributed by atoms with Crippen LogP contribution in [0.25, 0.3) is 11.0 Å². The molecule has 120 valence electrons. The fourth-order valence-electron chi connectivity index (χ4n) is 2.37. The van der Waals surface area contributed by atoms with Crippen molar-refractivity contribution in [3.63, 3.8) is 0 Å². The highest BCUT2D eigenvalue weighted by Gasteiger charge is 2.13. The molecule has 0 radical (unpaired) electrons. The third kappa shape index (κ3) is 3.02. The van der Waals surface area contributed by atoms with Gasteiger partial charge in [-0.25, -0.2) is 18.4 Å². The van der Waals surface area contributed by atoms with Gasteiger partial charge in [-0.1, -0.05) is 12.1 Å². The average Bonchev–Trinajstić information content (AvgIpc) is 2.89. The summed E-state index contributed by atoms with van der Waals surface area (Å²) in [5, 5.41) is 8.34. The Kier molecular flexibility index (Phi) is 3.77. The van der Waals surface area contributed by atoms with E-state index in [4.69, 9.17) is 0 Å². The summed E-state index contributed by atoms with van der Waals surface area (Å²) in [6.45, 7) is 1.99. The zero-order valence-electron chi connectivity index (χ0n) is 13.1. The molecule has 3 aromatic rings. The van der Waals surface area contributed by atoms with Crippen LogP contribution in [0.4, 0.5) is 5.82 Å². The molecule has 0 amide bonds. The van der Waals surface area contributed by atoms with Crippen molar-refractivity contribution in [2.45, 2.75) is 17.9 Å². The van der Waals surface area contributed by atoms with Crippen LogP contribution >= 0.6 is 0 Å². The van der Waals surface area contributed by atoms with Gasteiger partial charge in [0.25, 0.3) is 0 Å². The Morgan fingerprint density at radius 1 is 1.17 bits per heavy atom. The smallest absolute Gasteiger partial charge is 0.175 e. The van der Waals surface area contributed by atoms with Crippen molar-refractivity contribution < 1.29 is 8.42 Å². The van der Waals surface area contributed by atoms with Crippen molar-refractivity contribution in [3.8, 4) is 0 Å². The Morgan fingerprint density at radius 2 is 1.87 bits per heavy atom. The van der Waals surface area contributed by atoms with Gasteiger partial charge in [-0.05, 0) is 24.6 Å². The maximum absolute atomic E-state index is 11.5. The second-order valence-corrected chi connectivity index (χ2v) is 7.45. The monoisotopic (exact) mass is 331 g/mol. The maximum Gasteiger partial charge on any atom is 0.175 e. The number of nitrogens with one attached hydrogen (secondary N) is 1. The van der Waals surface area contributed by atoms with E-state index in [1.807, 2.05) is 14.0 Å². The van der Waals surface area contributed by atoms with E-state index in [0.29, 0.717) is 10.7 Å². The molecule has 1 N–H and O–H groups in total. The zero-order chi connectivity index (χ0) is 16.6. The number of anilines is 1. The number of rotatable bonds is 4. The van der Waals surface area contributed by atoms with Crippen LogP contribution in [-0.4, -0.2) is 34.4 Å². The van der Waals surface area contributed by atoms with Crippen molar-refractivity contribution in [2.24, 2.45) is 7.05 Å². The molecule has 7 nitrogen and oxygen atoms in total. The Bertz CT molecular complexity index is 948. The van der Waals surface area contributed by atoms with Gasteiger partial charge < -0.3 is 5.32 Å². The standard InChI is InChI=1S/C15H17N5O2S/c1-10(11-4-6-12(7-5-11)23(3,21)22)19-14-13-8-18-20(2)15(13)17-9-16-14/h4-10H,1-3H3,(H,16,17,19)/t10-/m0/s1.